The maximum Gasteiger partial charge on any atom is 0.236 e. The molecule has 1 amide bonds. The molecule has 0 aliphatic heterocycles. The Kier molecular flexibility index (Phi) is 3.56. The van der Waals surface area contributed by atoms with Crippen molar-refractivity contribution in [2.75, 3.05) is 5.88 Å². The molecule has 0 fully saturated rings. The Labute approximate surface area is 53.2 Å². The summed E-state index contributed by atoms with van der Waals surface area (Å²) in [5, 5.41) is 2.40. The molecule has 1 atom stereocenters. The topological polar surface area (TPSA) is 55.1 Å². The third-order valence-electron chi connectivity index (χ3n) is 0.510. The van der Waals surface area contributed by atoms with Crippen molar-refractivity contribution in [3.05, 3.63) is 0 Å². The fourth-order valence-corrected chi connectivity index (χ4v) is 0.370. The molecule has 3 nitrogen and oxygen atoms in total. The fraction of sp³-hybridized carbons (Fsp3) is 0.750. The molecule has 8 heavy (non-hydrogen) atoms. The van der Waals surface area contributed by atoms with Crippen LogP contribution >= 0.6 is 11.6 Å². The Morgan fingerprint density at radius 1 is 2.00 bits per heavy atom. The molecule has 0 rings (SSSR count). The van der Waals surface area contributed by atoms with Gasteiger partial charge in [0.05, 0.1) is 6.17 Å². The standard InChI is InChI=1S/C4H9ClN2O/c1-3(6)7-4(8)2-5/h3H,2,6H2,1H3,(H,7,8). The predicted molar refractivity (Wildman–Crippen MR) is 32.5 cm³/mol. The highest BCUT2D eigenvalue weighted by Gasteiger charge is 1.97. The van der Waals surface area contributed by atoms with Crippen LogP contribution in [0.5, 0.6) is 0 Å². The van der Waals surface area contributed by atoms with Gasteiger partial charge in [0, 0.05) is 0 Å². The Morgan fingerprint density at radius 3 is 2.62 bits per heavy atom. The molecule has 0 heterocycles. The van der Waals surface area contributed by atoms with E-state index in [0.29, 0.717) is 0 Å². The lowest BCUT2D eigenvalue weighted by Gasteiger charge is -2.04. The number of amides is 1. The summed E-state index contributed by atoms with van der Waals surface area (Å²) in [4.78, 5) is 10.3. The van der Waals surface area contributed by atoms with Crippen LogP contribution in [-0.4, -0.2) is 18.0 Å². The van der Waals surface area contributed by atoms with Crippen LogP contribution in [0.2, 0.25) is 0 Å². The van der Waals surface area contributed by atoms with Crippen molar-refractivity contribution < 1.29 is 4.79 Å². The SMILES string of the molecule is CC(N)NC(=O)CCl. The summed E-state index contributed by atoms with van der Waals surface area (Å²) >= 11 is 5.13. The van der Waals surface area contributed by atoms with Crippen LogP contribution in [0.4, 0.5) is 0 Å². The van der Waals surface area contributed by atoms with Crippen molar-refractivity contribution in [3.63, 3.8) is 0 Å². The quantitative estimate of drug-likeness (QED) is 0.403. The lowest BCUT2D eigenvalue weighted by Crippen LogP contribution is -2.39. The van der Waals surface area contributed by atoms with Gasteiger partial charge in [0.1, 0.15) is 5.88 Å². The van der Waals surface area contributed by atoms with Crippen LogP contribution in [0.25, 0.3) is 0 Å². The lowest BCUT2D eigenvalue weighted by molar-refractivity contribution is -0.119. The van der Waals surface area contributed by atoms with E-state index in [1.54, 1.807) is 6.92 Å². The molecule has 0 aliphatic carbocycles. The van der Waals surface area contributed by atoms with Gasteiger partial charge >= 0.3 is 0 Å². The molecular weight excluding hydrogens is 128 g/mol. The first-order chi connectivity index (χ1) is 3.66. The highest BCUT2D eigenvalue weighted by atomic mass is 35.5. The monoisotopic (exact) mass is 136 g/mol. The number of nitrogens with two attached hydrogens (primary N) is 1. The zero-order valence-electron chi connectivity index (χ0n) is 4.65. The van der Waals surface area contributed by atoms with Crippen molar-refractivity contribution in [1.82, 2.24) is 5.32 Å². The van der Waals surface area contributed by atoms with Gasteiger partial charge in [0.2, 0.25) is 5.91 Å². The van der Waals surface area contributed by atoms with E-state index in [-0.39, 0.29) is 18.0 Å². The van der Waals surface area contributed by atoms with Crippen molar-refractivity contribution >= 4 is 17.5 Å². The zero-order valence-corrected chi connectivity index (χ0v) is 5.40. The van der Waals surface area contributed by atoms with Gasteiger partial charge in [-0.1, -0.05) is 0 Å². The van der Waals surface area contributed by atoms with Gasteiger partial charge in [0.15, 0.2) is 0 Å². The minimum absolute atomic E-state index is 0.0263. The summed E-state index contributed by atoms with van der Waals surface area (Å²) in [6.45, 7) is 1.67. The number of hydrogen-bond acceptors (Lipinski definition) is 2. The third-order valence-corrected chi connectivity index (χ3v) is 0.753. The van der Waals surface area contributed by atoms with Gasteiger partial charge in [-0.2, -0.15) is 0 Å². The number of carbonyl (C=O) groups is 1. The molecule has 4 heteroatoms. The molecule has 0 aromatic rings. The minimum atomic E-state index is -0.304. The maximum atomic E-state index is 10.3. The highest BCUT2D eigenvalue weighted by Crippen LogP contribution is 1.74. The van der Waals surface area contributed by atoms with Crippen LogP contribution in [0.15, 0.2) is 0 Å². The number of halogens is 1. The summed E-state index contributed by atoms with van der Waals surface area (Å²) in [5.41, 5.74) is 5.18. The highest BCUT2D eigenvalue weighted by molar-refractivity contribution is 6.27. The number of carbonyl (C=O) groups excluding carboxylic acids is 1. The largest absolute Gasteiger partial charge is 0.340 e. The number of nitrogens with one attached hydrogen (secondary N) is 1. The zero-order chi connectivity index (χ0) is 6.57. The van der Waals surface area contributed by atoms with Crippen molar-refractivity contribution in [1.29, 1.82) is 0 Å². The van der Waals surface area contributed by atoms with Crippen molar-refractivity contribution in [2.45, 2.75) is 13.1 Å². The number of hydrogen-bond donors (Lipinski definition) is 2. The average Bonchev–Trinajstić information content (AvgIpc) is 1.65. The Morgan fingerprint density at radius 2 is 2.50 bits per heavy atom. The fourth-order valence-electron chi connectivity index (χ4n) is 0.293. The summed E-state index contributed by atoms with van der Waals surface area (Å²) in [6, 6.07) is 0. The second-order valence-corrected chi connectivity index (χ2v) is 1.76. The normalized spacial score (nSPS) is 12.9. The molecule has 0 aromatic heterocycles. The van der Waals surface area contributed by atoms with Crippen LogP contribution < -0.4 is 11.1 Å². The lowest BCUT2D eigenvalue weighted by atomic mass is 10.5. The molecule has 0 saturated heterocycles. The van der Waals surface area contributed by atoms with Crippen molar-refractivity contribution in [3.8, 4) is 0 Å². The second kappa shape index (κ2) is 3.69. The summed E-state index contributed by atoms with van der Waals surface area (Å²) in [5.74, 6) is -0.261. The van der Waals surface area contributed by atoms with Crippen LogP contribution in [0.3, 0.4) is 0 Å². The number of rotatable bonds is 2. The van der Waals surface area contributed by atoms with Gasteiger partial charge in [-0.3, -0.25) is 4.79 Å². The first-order valence-electron chi connectivity index (χ1n) is 2.27. The summed E-state index contributed by atoms with van der Waals surface area (Å²) in [6.07, 6.45) is -0.304. The Bertz CT molecular complexity index is 84.1. The average molecular weight is 137 g/mol. The maximum absolute atomic E-state index is 10.3. The van der Waals surface area contributed by atoms with E-state index in [1.165, 1.54) is 0 Å². The second-order valence-electron chi connectivity index (χ2n) is 1.49. The summed E-state index contributed by atoms with van der Waals surface area (Å²) < 4.78 is 0. The van der Waals surface area contributed by atoms with E-state index >= 15 is 0 Å². The first-order valence-corrected chi connectivity index (χ1v) is 2.81. The van der Waals surface area contributed by atoms with Gasteiger partial charge in [-0.05, 0) is 6.92 Å². The van der Waals surface area contributed by atoms with E-state index in [9.17, 15) is 4.79 Å². The molecule has 0 radical (unpaired) electrons. The summed E-state index contributed by atoms with van der Waals surface area (Å²) in [7, 11) is 0. The van der Waals surface area contributed by atoms with Gasteiger partial charge in [-0.15, -0.1) is 11.6 Å². The Balaban J connectivity index is 3.25. The molecule has 3 N–H and O–H groups in total. The molecule has 0 saturated carbocycles. The third kappa shape index (κ3) is 3.89. The van der Waals surface area contributed by atoms with Crippen molar-refractivity contribution in [2.24, 2.45) is 5.73 Å². The van der Waals surface area contributed by atoms with Gasteiger partial charge in [0.25, 0.3) is 0 Å². The van der Waals surface area contributed by atoms with E-state index < -0.39 is 0 Å². The number of alkyl halides is 1. The molecule has 48 valence electrons. The molecule has 0 aliphatic rings. The molecular formula is C4H9ClN2O. The minimum Gasteiger partial charge on any atom is -0.340 e. The van der Waals surface area contributed by atoms with Crippen LogP contribution in [0, 0.1) is 0 Å². The van der Waals surface area contributed by atoms with Gasteiger partial charge < -0.3 is 11.1 Å². The molecule has 0 spiro atoms. The van der Waals surface area contributed by atoms with E-state index in [2.05, 4.69) is 5.32 Å². The van der Waals surface area contributed by atoms with E-state index in [1.807, 2.05) is 0 Å². The van der Waals surface area contributed by atoms with Crippen LogP contribution in [0.1, 0.15) is 6.92 Å². The predicted octanol–water partition coefficient (Wildman–Crippen LogP) is -0.354. The molecule has 0 aromatic carbocycles. The van der Waals surface area contributed by atoms with Crippen LogP contribution in [-0.2, 0) is 4.79 Å². The smallest absolute Gasteiger partial charge is 0.236 e. The molecule has 1 unspecified atom stereocenters. The van der Waals surface area contributed by atoms with Gasteiger partial charge in [-0.25, -0.2) is 0 Å². The first kappa shape index (κ1) is 7.72. The van der Waals surface area contributed by atoms with E-state index in [4.69, 9.17) is 17.3 Å². The Hall–Kier alpha value is -0.280. The molecule has 0 bridgehead atoms. The van der Waals surface area contributed by atoms with E-state index in [0.717, 1.165) is 0 Å².